The molecule has 0 aromatic heterocycles. The van der Waals surface area contributed by atoms with Gasteiger partial charge in [-0.25, -0.2) is 14.1 Å². The van der Waals surface area contributed by atoms with Crippen LogP contribution in [-0.4, -0.2) is 32.1 Å². The van der Waals surface area contributed by atoms with Crippen LogP contribution in [0.3, 0.4) is 0 Å². The lowest BCUT2D eigenvalue weighted by Gasteiger charge is -2.26. The molecule has 0 atom stereocenters. The zero-order valence-corrected chi connectivity index (χ0v) is 25.2. The van der Waals surface area contributed by atoms with Gasteiger partial charge in [-0.15, -0.1) is 0 Å². The van der Waals surface area contributed by atoms with Crippen molar-refractivity contribution in [3.63, 3.8) is 0 Å². The van der Waals surface area contributed by atoms with Crippen LogP contribution < -0.4 is 29.2 Å². The molecule has 4 amide bonds. The Bertz CT molecular complexity index is 1740. The standard InChI is InChI=1S/C33H26BrFN2O7/c1-41-28-16-21(8-13-27(28)43-18-20-6-4-3-5-7-20)19-44-30-26(34)15-22(17-29(30)42-2)14-25-31(38)36-33(40)37(32(25)39)24-11-9-23(35)10-12-24/h3-17H,18-19H2,1-2H3,(H,36,38,40)/b25-14+. The van der Waals surface area contributed by atoms with Gasteiger partial charge in [0.25, 0.3) is 11.8 Å². The van der Waals surface area contributed by atoms with E-state index < -0.39 is 23.7 Å². The predicted octanol–water partition coefficient (Wildman–Crippen LogP) is 6.43. The van der Waals surface area contributed by atoms with Gasteiger partial charge in [0.2, 0.25) is 0 Å². The number of methoxy groups -OCH3 is 2. The summed E-state index contributed by atoms with van der Waals surface area (Å²) in [6.45, 7) is 0.563. The van der Waals surface area contributed by atoms with E-state index in [1.165, 1.54) is 25.3 Å². The second-order valence-corrected chi connectivity index (χ2v) is 10.4. The van der Waals surface area contributed by atoms with E-state index in [9.17, 15) is 18.8 Å². The average Bonchev–Trinajstić information content (AvgIpc) is 3.02. The van der Waals surface area contributed by atoms with Gasteiger partial charge in [0.05, 0.1) is 24.4 Å². The fourth-order valence-electron chi connectivity index (χ4n) is 4.42. The highest BCUT2D eigenvalue weighted by atomic mass is 79.9. The molecule has 1 N–H and O–H groups in total. The van der Waals surface area contributed by atoms with Crippen LogP contribution in [0.5, 0.6) is 23.0 Å². The molecule has 44 heavy (non-hydrogen) atoms. The lowest BCUT2D eigenvalue weighted by molar-refractivity contribution is -0.122. The molecule has 224 valence electrons. The van der Waals surface area contributed by atoms with Crippen LogP contribution in [0.4, 0.5) is 14.9 Å². The van der Waals surface area contributed by atoms with E-state index >= 15 is 0 Å². The molecule has 1 heterocycles. The van der Waals surface area contributed by atoms with Crippen LogP contribution in [-0.2, 0) is 22.8 Å². The van der Waals surface area contributed by atoms with Gasteiger partial charge in [-0.3, -0.25) is 14.9 Å². The number of halogens is 2. The SMILES string of the molecule is COc1cc(COc2c(Br)cc(/C=C3\C(=O)NC(=O)N(c4ccc(F)cc4)C3=O)cc2OC)ccc1OCc1ccccc1. The number of amides is 4. The van der Waals surface area contributed by atoms with Crippen LogP contribution in [0, 0.1) is 5.82 Å². The maximum atomic E-state index is 13.4. The molecule has 9 nitrogen and oxygen atoms in total. The normalized spacial score (nSPS) is 14.0. The number of imide groups is 2. The quantitative estimate of drug-likeness (QED) is 0.154. The summed E-state index contributed by atoms with van der Waals surface area (Å²) in [5.41, 5.74) is 2.09. The predicted molar refractivity (Wildman–Crippen MR) is 164 cm³/mol. The summed E-state index contributed by atoms with van der Waals surface area (Å²) >= 11 is 3.49. The van der Waals surface area contributed by atoms with E-state index in [1.54, 1.807) is 19.2 Å². The average molecular weight is 661 g/mol. The fraction of sp³-hybridized carbons (Fsp3) is 0.121. The van der Waals surface area contributed by atoms with Gasteiger partial charge in [-0.05, 0) is 87.2 Å². The van der Waals surface area contributed by atoms with E-state index in [0.29, 0.717) is 39.6 Å². The highest BCUT2D eigenvalue weighted by Gasteiger charge is 2.37. The lowest BCUT2D eigenvalue weighted by atomic mass is 10.1. The van der Waals surface area contributed by atoms with Gasteiger partial charge >= 0.3 is 6.03 Å². The molecule has 0 spiro atoms. The number of barbiturate groups is 1. The number of ether oxygens (including phenoxy) is 4. The largest absolute Gasteiger partial charge is 0.493 e. The number of nitrogens with one attached hydrogen (secondary N) is 1. The van der Waals surface area contributed by atoms with Gasteiger partial charge in [0.1, 0.15) is 24.6 Å². The molecule has 0 bridgehead atoms. The maximum absolute atomic E-state index is 13.4. The summed E-state index contributed by atoms with van der Waals surface area (Å²) < 4.78 is 37.0. The van der Waals surface area contributed by atoms with Gasteiger partial charge in [-0.2, -0.15) is 0 Å². The smallest absolute Gasteiger partial charge is 0.335 e. The Hall–Kier alpha value is -5.16. The number of hydrogen-bond acceptors (Lipinski definition) is 7. The monoisotopic (exact) mass is 660 g/mol. The highest BCUT2D eigenvalue weighted by Crippen LogP contribution is 2.38. The van der Waals surface area contributed by atoms with E-state index in [4.69, 9.17) is 18.9 Å². The van der Waals surface area contributed by atoms with E-state index in [1.807, 2.05) is 48.5 Å². The van der Waals surface area contributed by atoms with Crippen molar-refractivity contribution in [2.75, 3.05) is 19.1 Å². The topological polar surface area (TPSA) is 103 Å². The second-order valence-electron chi connectivity index (χ2n) is 9.52. The number of nitrogens with zero attached hydrogens (tertiary/aromatic N) is 1. The molecule has 11 heteroatoms. The van der Waals surface area contributed by atoms with Crippen LogP contribution in [0.1, 0.15) is 16.7 Å². The molecular formula is C33H26BrFN2O7. The zero-order valence-electron chi connectivity index (χ0n) is 23.6. The molecule has 4 aromatic carbocycles. The number of carbonyl (C=O) groups is 3. The Labute approximate surface area is 260 Å². The minimum Gasteiger partial charge on any atom is -0.493 e. The van der Waals surface area contributed by atoms with E-state index in [2.05, 4.69) is 21.2 Å². The second kappa shape index (κ2) is 13.4. The van der Waals surface area contributed by atoms with Crippen molar-refractivity contribution in [3.8, 4) is 23.0 Å². The molecule has 1 saturated heterocycles. The molecule has 0 saturated carbocycles. The summed E-state index contributed by atoms with van der Waals surface area (Å²) in [5.74, 6) is -0.383. The third kappa shape index (κ3) is 6.73. The van der Waals surface area contributed by atoms with Gasteiger partial charge in [0, 0.05) is 0 Å². The van der Waals surface area contributed by atoms with Crippen molar-refractivity contribution in [1.82, 2.24) is 5.32 Å². The van der Waals surface area contributed by atoms with Crippen LogP contribution in [0.15, 0.2) is 95.0 Å². The Kier molecular flexibility index (Phi) is 9.25. The van der Waals surface area contributed by atoms with Crippen LogP contribution >= 0.6 is 15.9 Å². The maximum Gasteiger partial charge on any atom is 0.335 e. The Morgan fingerprint density at radius 2 is 1.50 bits per heavy atom. The zero-order chi connectivity index (χ0) is 31.2. The van der Waals surface area contributed by atoms with Crippen molar-refractivity contribution in [3.05, 3.63) is 117 Å². The van der Waals surface area contributed by atoms with E-state index in [0.717, 1.165) is 28.2 Å². The molecule has 0 radical (unpaired) electrons. The van der Waals surface area contributed by atoms with Crippen molar-refractivity contribution >= 4 is 45.5 Å². The number of benzene rings is 4. The van der Waals surface area contributed by atoms with Crippen LogP contribution in [0.25, 0.3) is 6.08 Å². The lowest BCUT2D eigenvalue weighted by Crippen LogP contribution is -2.54. The van der Waals surface area contributed by atoms with Gasteiger partial charge in [0.15, 0.2) is 23.0 Å². The highest BCUT2D eigenvalue weighted by molar-refractivity contribution is 9.10. The number of anilines is 1. The fourth-order valence-corrected chi connectivity index (χ4v) is 5.00. The van der Waals surface area contributed by atoms with Crippen molar-refractivity contribution in [1.29, 1.82) is 0 Å². The Morgan fingerprint density at radius 3 is 2.20 bits per heavy atom. The molecule has 1 fully saturated rings. The third-order valence-corrected chi connectivity index (χ3v) is 7.19. The minimum atomic E-state index is -0.932. The van der Waals surface area contributed by atoms with Crippen molar-refractivity contribution < 1.29 is 37.7 Å². The summed E-state index contributed by atoms with van der Waals surface area (Å²) in [6, 6.07) is 22.4. The van der Waals surface area contributed by atoms with Crippen LogP contribution in [0.2, 0.25) is 0 Å². The molecule has 1 aliphatic heterocycles. The van der Waals surface area contributed by atoms with Crippen molar-refractivity contribution in [2.24, 2.45) is 0 Å². The van der Waals surface area contributed by atoms with Gasteiger partial charge in [-0.1, -0.05) is 36.4 Å². The molecular weight excluding hydrogens is 635 g/mol. The first-order chi connectivity index (χ1) is 21.3. The number of hydrogen-bond donors (Lipinski definition) is 1. The first-order valence-electron chi connectivity index (χ1n) is 13.3. The third-order valence-electron chi connectivity index (χ3n) is 6.60. The number of rotatable bonds is 10. The summed E-state index contributed by atoms with van der Waals surface area (Å²) in [5, 5.41) is 2.14. The first-order valence-corrected chi connectivity index (χ1v) is 14.1. The first kappa shape index (κ1) is 30.3. The minimum absolute atomic E-state index is 0.113. The number of urea groups is 1. The molecule has 4 aromatic rings. The Morgan fingerprint density at radius 1 is 0.795 bits per heavy atom. The van der Waals surface area contributed by atoms with Gasteiger partial charge < -0.3 is 18.9 Å². The Balaban J connectivity index is 1.33. The summed E-state index contributed by atoms with van der Waals surface area (Å²) in [4.78, 5) is 39.0. The summed E-state index contributed by atoms with van der Waals surface area (Å²) in [6.07, 6.45) is 1.33. The molecule has 0 unspecified atom stereocenters. The molecule has 0 aliphatic carbocycles. The number of carbonyl (C=O) groups excluding carboxylic acids is 3. The van der Waals surface area contributed by atoms with Crippen molar-refractivity contribution in [2.45, 2.75) is 13.2 Å². The summed E-state index contributed by atoms with van der Waals surface area (Å²) in [7, 11) is 3.02. The molecule has 5 rings (SSSR count). The molecule has 1 aliphatic rings. The van der Waals surface area contributed by atoms with E-state index in [-0.39, 0.29) is 17.9 Å².